The van der Waals surface area contributed by atoms with Gasteiger partial charge in [-0.15, -0.1) is 6.42 Å². The molecule has 0 atom stereocenters. The summed E-state index contributed by atoms with van der Waals surface area (Å²) in [5, 5.41) is 0. The molecule has 0 saturated heterocycles. The van der Waals surface area contributed by atoms with E-state index in [4.69, 9.17) is 6.42 Å². The van der Waals surface area contributed by atoms with Crippen molar-refractivity contribution in [3.05, 3.63) is 23.3 Å². The van der Waals surface area contributed by atoms with Crippen molar-refractivity contribution in [3.8, 4) is 12.3 Å². The topological polar surface area (TPSA) is 0 Å². The largest absolute Gasteiger partial charge is 0.115 e. The summed E-state index contributed by atoms with van der Waals surface area (Å²) in [6, 6.07) is 0. The van der Waals surface area contributed by atoms with Crippen LogP contribution in [0, 0.1) is 12.3 Å². The summed E-state index contributed by atoms with van der Waals surface area (Å²) in [6.45, 7) is 6.11. The van der Waals surface area contributed by atoms with E-state index < -0.39 is 0 Å². The predicted molar refractivity (Wildman–Crippen MR) is 46.6 cm³/mol. The molecule has 0 aromatic carbocycles. The third-order valence-electron chi connectivity index (χ3n) is 1.20. The van der Waals surface area contributed by atoms with Crippen molar-refractivity contribution >= 4 is 0 Å². The minimum atomic E-state index is 0.988. The van der Waals surface area contributed by atoms with Crippen LogP contribution in [0.2, 0.25) is 0 Å². The fraction of sp³-hybridized carbons (Fsp3) is 0.400. The van der Waals surface area contributed by atoms with E-state index in [2.05, 4.69) is 25.8 Å². The van der Waals surface area contributed by atoms with E-state index in [-0.39, 0.29) is 0 Å². The Balaban J connectivity index is 4.15. The van der Waals surface area contributed by atoms with E-state index in [9.17, 15) is 0 Å². The van der Waals surface area contributed by atoms with Crippen LogP contribution in [0.5, 0.6) is 0 Å². The predicted octanol–water partition coefficient (Wildman–Crippen LogP) is 2.92. The highest BCUT2D eigenvalue weighted by Gasteiger charge is 1.82. The monoisotopic (exact) mass is 134 g/mol. The van der Waals surface area contributed by atoms with Gasteiger partial charge in [-0.3, -0.25) is 0 Å². The molecule has 54 valence electrons. The Morgan fingerprint density at radius 2 is 2.10 bits per heavy atom. The number of hydrogen-bond donors (Lipinski definition) is 0. The molecule has 0 aliphatic heterocycles. The zero-order valence-electron chi connectivity index (χ0n) is 6.94. The number of rotatable bonds is 2. The van der Waals surface area contributed by atoms with Gasteiger partial charge in [-0.05, 0) is 31.9 Å². The van der Waals surface area contributed by atoms with Crippen LogP contribution in [0.1, 0.15) is 27.2 Å². The molecule has 0 unspecified atom stereocenters. The lowest BCUT2D eigenvalue weighted by Crippen LogP contribution is -1.71. The molecule has 0 rings (SSSR count). The number of terminal acetylenes is 1. The molecular formula is C10H14. The van der Waals surface area contributed by atoms with E-state index in [1.165, 1.54) is 5.57 Å². The highest BCUT2D eigenvalue weighted by atomic mass is 13.9. The van der Waals surface area contributed by atoms with Crippen molar-refractivity contribution in [3.63, 3.8) is 0 Å². The van der Waals surface area contributed by atoms with Gasteiger partial charge < -0.3 is 0 Å². The van der Waals surface area contributed by atoms with Crippen molar-refractivity contribution in [1.29, 1.82) is 0 Å². The first-order valence-electron chi connectivity index (χ1n) is 3.52. The van der Waals surface area contributed by atoms with Gasteiger partial charge in [-0.25, -0.2) is 0 Å². The lowest BCUT2D eigenvalue weighted by molar-refractivity contribution is 1.19. The summed E-state index contributed by atoms with van der Waals surface area (Å²) < 4.78 is 0. The molecule has 0 nitrogen and oxygen atoms in total. The second-order valence-electron chi connectivity index (χ2n) is 2.33. The van der Waals surface area contributed by atoms with Gasteiger partial charge in [0.2, 0.25) is 0 Å². The zero-order chi connectivity index (χ0) is 7.98. The van der Waals surface area contributed by atoms with Crippen molar-refractivity contribution in [2.24, 2.45) is 0 Å². The van der Waals surface area contributed by atoms with Crippen LogP contribution < -0.4 is 0 Å². The van der Waals surface area contributed by atoms with Gasteiger partial charge in [-0.2, -0.15) is 0 Å². The van der Waals surface area contributed by atoms with Crippen LogP contribution in [0.25, 0.3) is 0 Å². The van der Waals surface area contributed by atoms with Crippen LogP contribution in [-0.4, -0.2) is 0 Å². The SMILES string of the molecule is C#C/C(C)=C\C(C)=C/CC. The molecule has 0 bridgehead atoms. The second kappa shape index (κ2) is 4.88. The van der Waals surface area contributed by atoms with Crippen molar-refractivity contribution in [2.45, 2.75) is 27.2 Å². The molecule has 0 aromatic rings. The van der Waals surface area contributed by atoms with Gasteiger partial charge >= 0.3 is 0 Å². The first kappa shape index (κ1) is 9.04. The molecular weight excluding hydrogens is 120 g/mol. The molecule has 0 radical (unpaired) electrons. The van der Waals surface area contributed by atoms with E-state index in [0.717, 1.165) is 12.0 Å². The first-order valence-corrected chi connectivity index (χ1v) is 3.52. The minimum Gasteiger partial charge on any atom is -0.115 e. The average Bonchev–Trinajstić information content (AvgIpc) is 1.88. The Labute approximate surface area is 63.6 Å². The molecule has 0 saturated carbocycles. The molecule has 0 aromatic heterocycles. The standard InChI is InChI=1S/C10H14/c1-5-7-10(4)8-9(3)6-2/h2,7-8H,5H2,1,3-4H3/b9-8-,10-7-. The van der Waals surface area contributed by atoms with Crippen molar-refractivity contribution in [1.82, 2.24) is 0 Å². The Hall–Kier alpha value is -0.960. The van der Waals surface area contributed by atoms with E-state index in [0.29, 0.717) is 0 Å². The molecule has 0 aliphatic carbocycles. The van der Waals surface area contributed by atoms with Crippen LogP contribution in [0.15, 0.2) is 23.3 Å². The molecule has 10 heavy (non-hydrogen) atoms. The fourth-order valence-corrected chi connectivity index (χ4v) is 0.764. The van der Waals surface area contributed by atoms with Crippen LogP contribution in [0.3, 0.4) is 0 Å². The van der Waals surface area contributed by atoms with Crippen molar-refractivity contribution in [2.75, 3.05) is 0 Å². The van der Waals surface area contributed by atoms with Gasteiger partial charge in [-0.1, -0.05) is 24.5 Å². The summed E-state index contributed by atoms with van der Waals surface area (Å²) >= 11 is 0. The second-order valence-corrected chi connectivity index (χ2v) is 2.33. The molecule has 0 aliphatic rings. The molecule has 0 N–H and O–H groups in total. The van der Waals surface area contributed by atoms with Crippen LogP contribution in [0.4, 0.5) is 0 Å². The maximum Gasteiger partial charge on any atom is -0.00109 e. The Morgan fingerprint density at radius 3 is 2.50 bits per heavy atom. The zero-order valence-corrected chi connectivity index (χ0v) is 6.94. The van der Waals surface area contributed by atoms with E-state index in [1.54, 1.807) is 0 Å². The smallest absolute Gasteiger partial charge is 0.00109 e. The molecule has 0 heterocycles. The lowest BCUT2D eigenvalue weighted by Gasteiger charge is -1.90. The first-order chi connectivity index (χ1) is 4.70. The van der Waals surface area contributed by atoms with E-state index in [1.807, 2.05) is 13.0 Å². The Morgan fingerprint density at radius 1 is 1.50 bits per heavy atom. The Bertz CT molecular complexity index is 187. The van der Waals surface area contributed by atoms with Gasteiger partial charge in [0.25, 0.3) is 0 Å². The average molecular weight is 134 g/mol. The third kappa shape index (κ3) is 3.97. The van der Waals surface area contributed by atoms with Gasteiger partial charge in [0.1, 0.15) is 0 Å². The van der Waals surface area contributed by atoms with Crippen molar-refractivity contribution < 1.29 is 0 Å². The highest BCUT2D eigenvalue weighted by Crippen LogP contribution is 2.00. The number of allylic oxidation sites excluding steroid dienone is 4. The summed E-state index contributed by atoms with van der Waals surface area (Å²) in [7, 11) is 0. The third-order valence-corrected chi connectivity index (χ3v) is 1.20. The van der Waals surface area contributed by atoms with Crippen LogP contribution in [-0.2, 0) is 0 Å². The summed E-state index contributed by atoms with van der Waals surface area (Å²) in [6.07, 6.45) is 10.4. The molecule has 0 fully saturated rings. The lowest BCUT2D eigenvalue weighted by atomic mass is 10.2. The quantitative estimate of drug-likeness (QED) is 0.402. The normalized spacial score (nSPS) is 13.0. The molecule has 0 spiro atoms. The van der Waals surface area contributed by atoms with Crippen LogP contribution >= 0.6 is 0 Å². The van der Waals surface area contributed by atoms with Gasteiger partial charge in [0, 0.05) is 0 Å². The minimum absolute atomic E-state index is 0.988. The van der Waals surface area contributed by atoms with Gasteiger partial charge in [0.15, 0.2) is 0 Å². The molecule has 0 heteroatoms. The maximum atomic E-state index is 5.17. The fourth-order valence-electron chi connectivity index (χ4n) is 0.764. The summed E-state index contributed by atoms with van der Waals surface area (Å²) in [5.74, 6) is 2.57. The van der Waals surface area contributed by atoms with Gasteiger partial charge in [0.05, 0.1) is 0 Å². The summed E-state index contributed by atoms with van der Waals surface area (Å²) in [5.41, 5.74) is 2.24. The maximum absolute atomic E-state index is 5.17. The number of hydrogen-bond acceptors (Lipinski definition) is 0. The summed E-state index contributed by atoms with van der Waals surface area (Å²) in [4.78, 5) is 0. The highest BCUT2D eigenvalue weighted by molar-refractivity contribution is 5.31. The Kier molecular flexibility index (Phi) is 4.41. The molecule has 0 amide bonds. The van der Waals surface area contributed by atoms with E-state index >= 15 is 0 Å².